The Morgan fingerprint density at radius 3 is 1.89 bits per heavy atom. The zero-order valence-corrected chi connectivity index (χ0v) is 24.3. The SMILES string of the molecule is C=CC.CC(C)(C)C.CCN(C=O)/C(=C\c1cnc(C)cc1C)c1c(Cl)c(OC)cc(OC)c1Cl. The maximum absolute atomic E-state index is 11.7. The lowest BCUT2D eigenvalue weighted by molar-refractivity contribution is -0.115. The molecule has 1 amide bonds. The van der Waals surface area contributed by atoms with Crippen LogP contribution in [0.15, 0.2) is 31.0 Å². The molecule has 0 saturated carbocycles. The summed E-state index contributed by atoms with van der Waals surface area (Å²) in [6, 6.07) is 3.58. The largest absolute Gasteiger partial charge is 0.495 e. The van der Waals surface area contributed by atoms with E-state index in [1.807, 2.05) is 39.8 Å². The maximum atomic E-state index is 11.7. The number of rotatable bonds is 7. The number of hydrogen-bond acceptors (Lipinski definition) is 4. The third-order valence-corrected chi connectivity index (χ3v) is 4.94. The Bertz CT molecular complexity index is 978. The van der Waals surface area contributed by atoms with E-state index in [1.165, 1.54) is 19.1 Å². The summed E-state index contributed by atoms with van der Waals surface area (Å²) in [6.45, 7) is 20.2. The number of benzene rings is 1. The lowest BCUT2D eigenvalue weighted by Crippen LogP contribution is -2.20. The van der Waals surface area contributed by atoms with Crippen LogP contribution < -0.4 is 9.47 Å². The quantitative estimate of drug-likeness (QED) is 0.271. The molecule has 0 fully saturated rings. The van der Waals surface area contributed by atoms with Crippen LogP contribution in [0.4, 0.5) is 0 Å². The van der Waals surface area contributed by atoms with E-state index >= 15 is 0 Å². The Morgan fingerprint density at radius 1 is 1.09 bits per heavy atom. The number of amides is 1. The average molecular weight is 524 g/mol. The Kier molecular flexibility index (Phi) is 14.4. The number of carbonyl (C=O) groups excluding carboxylic acids is 1. The summed E-state index contributed by atoms with van der Waals surface area (Å²) in [6.07, 6.45) is 6.08. The average Bonchev–Trinajstić information content (AvgIpc) is 2.76. The smallest absolute Gasteiger partial charge is 0.214 e. The molecule has 0 saturated heterocycles. The number of methoxy groups -OCH3 is 2. The number of hydrogen-bond donors (Lipinski definition) is 0. The monoisotopic (exact) mass is 522 g/mol. The minimum absolute atomic E-state index is 0.299. The molecule has 1 aromatic carbocycles. The molecule has 0 radical (unpaired) electrons. The number of halogens is 2. The van der Waals surface area contributed by atoms with Crippen LogP contribution in [-0.4, -0.2) is 37.1 Å². The van der Waals surface area contributed by atoms with Gasteiger partial charge in [-0.1, -0.05) is 57.0 Å². The van der Waals surface area contributed by atoms with Crippen molar-refractivity contribution < 1.29 is 14.3 Å². The van der Waals surface area contributed by atoms with E-state index in [0.717, 1.165) is 23.2 Å². The first-order chi connectivity index (χ1) is 16.3. The van der Waals surface area contributed by atoms with Gasteiger partial charge in [0.15, 0.2) is 0 Å². The number of allylic oxidation sites excluding steroid dienone is 1. The molecule has 0 aliphatic rings. The highest BCUT2D eigenvalue weighted by molar-refractivity contribution is 6.39. The van der Waals surface area contributed by atoms with Crippen molar-refractivity contribution in [1.82, 2.24) is 9.88 Å². The van der Waals surface area contributed by atoms with Gasteiger partial charge in [-0.15, -0.1) is 6.58 Å². The second kappa shape index (κ2) is 15.5. The topological polar surface area (TPSA) is 51.7 Å². The molecule has 0 N–H and O–H groups in total. The van der Waals surface area contributed by atoms with Gasteiger partial charge in [-0.2, -0.15) is 0 Å². The molecule has 1 aromatic heterocycles. The van der Waals surface area contributed by atoms with E-state index in [0.29, 0.717) is 44.8 Å². The molecular weight excluding hydrogens is 483 g/mol. The van der Waals surface area contributed by atoms with Crippen LogP contribution in [0.1, 0.15) is 63.9 Å². The number of ether oxygens (including phenoxy) is 2. The summed E-state index contributed by atoms with van der Waals surface area (Å²) in [4.78, 5) is 17.6. The van der Waals surface area contributed by atoms with Crippen LogP contribution >= 0.6 is 23.2 Å². The van der Waals surface area contributed by atoms with E-state index in [1.54, 1.807) is 18.3 Å². The summed E-state index contributed by atoms with van der Waals surface area (Å²) in [5.41, 5.74) is 4.28. The molecular formula is C28H40Cl2N2O3. The van der Waals surface area contributed by atoms with Crippen LogP contribution in [0, 0.1) is 19.3 Å². The lowest BCUT2D eigenvalue weighted by Gasteiger charge is -2.23. The fourth-order valence-electron chi connectivity index (χ4n) is 2.72. The number of pyridine rings is 1. The van der Waals surface area contributed by atoms with E-state index in [9.17, 15) is 4.79 Å². The molecule has 0 spiro atoms. The van der Waals surface area contributed by atoms with E-state index in [4.69, 9.17) is 32.7 Å². The molecule has 2 aromatic rings. The molecule has 194 valence electrons. The molecule has 1 heterocycles. The van der Waals surface area contributed by atoms with Crippen LogP contribution in [0.25, 0.3) is 11.8 Å². The van der Waals surface area contributed by atoms with Gasteiger partial charge in [-0.25, -0.2) is 0 Å². The van der Waals surface area contributed by atoms with E-state index < -0.39 is 0 Å². The Morgan fingerprint density at radius 2 is 1.54 bits per heavy atom. The summed E-state index contributed by atoms with van der Waals surface area (Å²) in [5.74, 6) is 0.805. The van der Waals surface area contributed by atoms with Crippen LogP contribution in [0.2, 0.25) is 10.0 Å². The zero-order chi connectivity index (χ0) is 27.3. The normalized spacial score (nSPS) is 10.8. The third kappa shape index (κ3) is 10.7. The van der Waals surface area contributed by atoms with Gasteiger partial charge in [0.1, 0.15) is 11.5 Å². The van der Waals surface area contributed by atoms with Crippen LogP contribution in [0.3, 0.4) is 0 Å². The van der Waals surface area contributed by atoms with Gasteiger partial charge < -0.3 is 14.4 Å². The summed E-state index contributed by atoms with van der Waals surface area (Å²) in [5, 5.41) is 0.597. The van der Waals surface area contributed by atoms with Crippen molar-refractivity contribution in [3.8, 4) is 11.5 Å². The fraction of sp³-hybridized carbons (Fsp3) is 0.429. The number of aryl methyl sites for hydroxylation is 2. The van der Waals surface area contributed by atoms with Crippen molar-refractivity contribution in [3.05, 3.63) is 63.4 Å². The van der Waals surface area contributed by atoms with Gasteiger partial charge in [0, 0.05) is 30.1 Å². The number of aromatic nitrogens is 1. The first-order valence-electron chi connectivity index (χ1n) is 11.3. The zero-order valence-electron chi connectivity index (χ0n) is 22.8. The van der Waals surface area contributed by atoms with Crippen molar-refractivity contribution in [2.45, 2.75) is 55.4 Å². The molecule has 0 unspecified atom stereocenters. The van der Waals surface area contributed by atoms with Crippen LogP contribution in [0.5, 0.6) is 11.5 Å². The van der Waals surface area contributed by atoms with E-state index in [-0.39, 0.29) is 0 Å². The number of carbonyl (C=O) groups is 1. The predicted molar refractivity (Wildman–Crippen MR) is 151 cm³/mol. The standard InChI is InChI=1S/C20H22Cl2N2O3.C5H12.C3H6/c1-6-24(11-25)15(8-14-10-23-13(3)7-12(14)2)18-19(21)16(26-4)9-17(27-5)20(18)22;1-5(2,3)4;1-3-2/h7-11H,6H2,1-5H3;1-4H3;3H,1H2,2H3/b15-8-;;. The van der Waals surface area contributed by atoms with Gasteiger partial charge in [0.05, 0.1) is 30.0 Å². The minimum Gasteiger partial charge on any atom is -0.495 e. The van der Waals surface area contributed by atoms with Gasteiger partial charge in [-0.3, -0.25) is 9.78 Å². The van der Waals surface area contributed by atoms with Gasteiger partial charge >= 0.3 is 0 Å². The Hall–Kier alpha value is -2.50. The highest BCUT2D eigenvalue weighted by Crippen LogP contribution is 2.44. The lowest BCUT2D eigenvalue weighted by atomic mass is 10.0. The maximum Gasteiger partial charge on any atom is 0.214 e. The Labute approximate surface area is 221 Å². The summed E-state index contributed by atoms with van der Waals surface area (Å²) in [7, 11) is 3.01. The second-order valence-electron chi connectivity index (χ2n) is 9.30. The minimum atomic E-state index is 0.299. The molecule has 0 aliphatic heterocycles. The Balaban J connectivity index is 0.00000126. The second-order valence-corrected chi connectivity index (χ2v) is 10.1. The van der Waals surface area contributed by atoms with Crippen LogP contribution in [-0.2, 0) is 4.79 Å². The molecule has 5 nitrogen and oxygen atoms in total. The van der Waals surface area contributed by atoms with Crippen molar-refractivity contribution in [3.63, 3.8) is 0 Å². The highest BCUT2D eigenvalue weighted by atomic mass is 35.5. The number of nitrogens with zero attached hydrogens (tertiary/aromatic N) is 2. The van der Waals surface area contributed by atoms with Gasteiger partial charge in [-0.05, 0) is 56.4 Å². The van der Waals surface area contributed by atoms with E-state index in [2.05, 4.69) is 39.3 Å². The van der Waals surface area contributed by atoms with Crippen molar-refractivity contribution >= 4 is 41.4 Å². The highest BCUT2D eigenvalue weighted by Gasteiger charge is 2.23. The fourth-order valence-corrected chi connectivity index (χ4v) is 3.41. The molecule has 0 bridgehead atoms. The molecule has 0 aliphatic carbocycles. The molecule has 2 rings (SSSR count). The van der Waals surface area contributed by atoms with Crippen molar-refractivity contribution in [2.75, 3.05) is 20.8 Å². The molecule has 35 heavy (non-hydrogen) atoms. The summed E-state index contributed by atoms with van der Waals surface area (Å²) >= 11 is 13.1. The first kappa shape index (κ1) is 32.5. The molecule has 0 atom stereocenters. The van der Waals surface area contributed by atoms with Crippen molar-refractivity contribution in [1.29, 1.82) is 0 Å². The third-order valence-electron chi connectivity index (χ3n) is 4.19. The predicted octanol–water partition coefficient (Wildman–Crippen LogP) is 8.24. The summed E-state index contributed by atoms with van der Waals surface area (Å²) < 4.78 is 10.7. The van der Waals surface area contributed by atoms with Gasteiger partial charge in [0.2, 0.25) is 6.41 Å². The first-order valence-corrected chi connectivity index (χ1v) is 12.1. The van der Waals surface area contributed by atoms with Gasteiger partial charge in [0.25, 0.3) is 0 Å². The van der Waals surface area contributed by atoms with Crippen molar-refractivity contribution in [2.24, 2.45) is 5.41 Å². The molecule has 7 heteroatoms.